The van der Waals surface area contributed by atoms with Crippen molar-refractivity contribution in [2.75, 3.05) is 11.4 Å². The number of benzene rings is 2. The van der Waals surface area contributed by atoms with Gasteiger partial charge in [0.2, 0.25) is 0 Å². The van der Waals surface area contributed by atoms with Crippen molar-refractivity contribution in [1.82, 2.24) is 0 Å². The molecule has 2 aromatic rings. The summed E-state index contributed by atoms with van der Waals surface area (Å²) in [5.41, 5.74) is 0.834. The van der Waals surface area contributed by atoms with E-state index in [-0.39, 0.29) is 17.3 Å². The molecule has 118 valence electrons. The van der Waals surface area contributed by atoms with Gasteiger partial charge in [-0.1, -0.05) is 0 Å². The molecule has 8 heteroatoms. The first-order valence-corrected chi connectivity index (χ1v) is 7.47. The highest BCUT2D eigenvalue weighted by Crippen LogP contribution is 2.34. The Morgan fingerprint density at radius 1 is 1.26 bits per heavy atom. The lowest BCUT2D eigenvalue weighted by Gasteiger charge is -2.17. The fourth-order valence-corrected chi connectivity index (χ4v) is 2.77. The Balaban J connectivity index is 1.78. The molecular formula is C15H10BrFN2O4. The summed E-state index contributed by atoms with van der Waals surface area (Å²) in [7, 11) is 0. The van der Waals surface area contributed by atoms with Crippen molar-refractivity contribution < 1.29 is 18.8 Å². The molecule has 0 spiro atoms. The summed E-state index contributed by atoms with van der Waals surface area (Å²) in [5.74, 6) is -0.195. The van der Waals surface area contributed by atoms with Gasteiger partial charge in [0, 0.05) is 24.2 Å². The van der Waals surface area contributed by atoms with Gasteiger partial charge in [0.05, 0.1) is 15.1 Å². The zero-order valence-corrected chi connectivity index (χ0v) is 13.2. The molecule has 0 bridgehead atoms. The van der Waals surface area contributed by atoms with Crippen molar-refractivity contribution in [2.24, 2.45) is 0 Å². The van der Waals surface area contributed by atoms with E-state index in [0.717, 1.165) is 0 Å². The number of ether oxygens (including phenoxy) is 1. The van der Waals surface area contributed by atoms with Crippen LogP contribution in [0.25, 0.3) is 0 Å². The van der Waals surface area contributed by atoms with Crippen LogP contribution in [0.5, 0.6) is 5.75 Å². The minimum Gasteiger partial charge on any atom is -0.410 e. The second kappa shape index (κ2) is 5.96. The number of halogens is 2. The first-order chi connectivity index (χ1) is 11.0. The minimum atomic E-state index is -0.653. The van der Waals surface area contributed by atoms with Crippen LogP contribution in [-0.4, -0.2) is 17.6 Å². The van der Waals surface area contributed by atoms with Crippen LogP contribution < -0.4 is 9.64 Å². The van der Waals surface area contributed by atoms with Crippen LogP contribution in [0, 0.1) is 15.9 Å². The number of nitro groups is 1. The molecule has 0 N–H and O–H groups in total. The number of nitro benzene ring substituents is 1. The third-order valence-electron chi connectivity index (χ3n) is 3.52. The van der Waals surface area contributed by atoms with E-state index in [9.17, 15) is 19.3 Å². The highest BCUT2D eigenvalue weighted by atomic mass is 79.9. The van der Waals surface area contributed by atoms with Crippen LogP contribution in [0.4, 0.5) is 20.6 Å². The largest absolute Gasteiger partial charge is 0.419 e. The highest BCUT2D eigenvalue weighted by molar-refractivity contribution is 9.10. The molecule has 0 saturated carbocycles. The van der Waals surface area contributed by atoms with Crippen LogP contribution in [-0.2, 0) is 6.42 Å². The smallest absolute Gasteiger partial charge is 0.410 e. The molecule has 0 radical (unpaired) electrons. The van der Waals surface area contributed by atoms with Gasteiger partial charge in [-0.15, -0.1) is 0 Å². The van der Waals surface area contributed by atoms with E-state index in [1.165, 1.54) is 35.2 Å². The lowest BCUT2D eigenvalue weighted by molar-refractivity contribution is -0.384. The van der Waals surface area contributed by atoms with Crippen molar-refractivity contribution in [3.05, 3.63) is 62.4 Å². The highest BCUT2D eigenvalue weighted by Gasteiger charge is 2.29. The molecule has 0 atom stereocenters. The second-order valence-corrected chi connectivity index (χ2v) is 5.73. The molecule has 1 amide bonds. The van der Waals surface area contributed by atoms with Gasteiger partial charge in [-0.05, 0) is 46.6 Å². The maximum Gasteiger partial charge on any atom is 0.419 e. The first-order valence-electron chi connectivity index (χ1n) is 6.68. The van der Waals surface area contributed by atoms with Crippen molar-refractivity contribution >= 4 is 33.4 Å². The molecule has 3 rings (SSSR count). The monoisotopic (exact) mass is 380 g/mol. The quantitative estimate of drug-likeness (QED) is 0.581. The van der Waals surface area contributed by atoms with Gasteiger partial charge >= 0.3 is 6.09 Å². The van der Waals surface area contributed by atoms with Crippen LogP contribution in [0.15, 0.2) is 40.9 Å². The topological polar surface area (TPSA) is 72.7 Å². The molecule has 0 unspecified atom stereocenters. The summed E-state index contributed by atoms with van der Waals surface area (Å²) < 4.78 is 19.5. The van der Waals surface area contributed by atoms with Crippen molar-refractivity contribution in [1.29, 1.82) is 0 Å². The number of hydrogen-bond acceptors (Lipinski definition) is 4. The van der Waals surface area contributed by atoms with E-state index in [4.69, 9.17) is 4.74 Å². The maximum absolute atomic E-state index is 14.0. The standard InChI is InChI=1S/C15H10BrFN2O4/c16-12-5-6-13-11(14(12)17)7-8-18(13)15(20)23-10-3-1-9(2-4-10)19(21)22/h1-6H,7-8H2. The summed E-state index contributed by atoms with van der Waals surface area (Å²) in [5, 5.41) is 10.6. The molecule has 0 aromatic heterocycles. The van der Waals surface area contributed by atoms with E-state index < -0.39 is 11.0 Å². The molecule has 0 fully saturated rings. The van der Waals surface area contributed by atoms with Crippen molar-refractivity contribution in [3.63, 3.8) is 0 Å². The van der Waals surface area contributed by atoms with Gasteiger partial charge in [0.25, 0.3) is 5.69 Å². The number of anilines is 1. The van der Waals surface area contributed by atoms with Crippen molar-refractivity contribution in [3.8, 4) is 5.75 Å². The van der Waals surface area contributed by atoms with E-state index >= 15 is 0 Å². The fraction of sp³-hybridized carbons (Fsp3) is 0.133. The first kappa shape index (κ1) is 15.4. The molecule has 23 heavy (non-hydrogen) atoms. The minimum absolute atomic E-state index is 0.0942. The molecule has 0 aliphatic carbocycles. The Bertz CT molecular complexity index is 795. The van der Waals surface area contributed by atoms with Crippen LogP contribution in [0.1, 0.15) is 5.56 Å². The predicted octanol–water partition coefficient (Wildman–Crippen LogP) is 4.06. The zero-order valence-electron chi connectivity index (χ0n) is 11.7. The predicted molar refractivity (Wildman–Crippen MR) is 84.3 cm³/mol. The number of fused-ring (bicyclic) bond motifs is 1. The SMILES string of the molecule is O=C(Oc1ccc([N+](=O)[O-])cc1)N1CCc2c1ccc(Br)c2F. The van der Waals surface area contributed by atoms with E-state index in [0.29, 0.717) is 28.7 Å². The third-order valence-corrected chi connectivity index (χ3v) is 4.13. The zero-order chi connectivity index (χ0) is 16.6. The Labute approximate surface area is 138 Å². The number of non-ortho nitro benzene ring substituents is 1. The summed E-state index contributed by atoms with van der Waals surface area (Å²) >= 11 is 3.11. The maximum atomic E-state index is 14.0. The summed E-state index contributed by atoms with van der Waals surface area (Å²) in [6, 6.07) is 8.36. The molecule has 1 aliphatic rings. The average Bonchev–Trinajstić information content (AvgIpc) is 2.96. The Morgan fingerprint density at radius 2 is 1.96 bits per heavy atom. The number of amides is 1. The van der Waals surface area contributed by atoms with Gasteiger partial charge in [0.1, 0.15) is 11.6 Å². The molecule has 1 aliphatic heterocycles. The second-order valence-electron chi connectivity index (χ2n) is 4.88. The van der Waals surface area contributed by atoms with Crippen LogP contribution in [0.3, 0.4) is 0 Å². The van der Waals surface area contributed by atoms with Crippen molar-refractivity contribution in [2.45, 2.75) is 6.42 Å². The van der Waals surface area contributed by atoms with Gasteiger partial charge in [-0.3, -0.25) is 15.0 Å². The fourth-order valence-electron chi connectivity index (χ4n) is 2.40. The van der Waals surface area contributed by atoms with Gasteiger partial charge < -0.3 is 4.74 Å². The summed E-state index contributed by atoms with van der Waals surface area (Å²) in [6.45, 7) is 0.314. The van der Waals surface area contributed by atoms with E-state index in [1.807, 2.05) is 0 Å². The van der Waals surface area contributed by atoms with E-state index in [2.05, 4.69) is 15.9 Å². The number of rotatable bonds is 2. The summed E-state index contributed by atoms with van der Waals surface area (Å²) in [6.07, 6.45) is -0.255. The molecule has 0 saturated heterocycles. The molecule has 1 heterocycles. The third kappa shape index (κ3) is 2.89. The normalized spacial score (nSPS) is 12.9. The Morgan fingerprint density at radius 3 is 2.61 bits per heavy atom. The van der Waals surface area contributed by atoms with Gasteiger partial charge in [-0.2, -0.15) is 0 Å². The number of carbonyl (C=O) groups is 1. The van der Waals surface area contributed by atoms with Gasteiger partial charge in [0.15, 0.2) is 0 Å². The number of carbonyl (C=O) groups excluding carboxylic acids is 1. The molecule has 6 nitrogen and oxygen atoms in total. The lowest BCUT2D eigenvalue weighted by Crippen LogP contribution is -2.31. The molecule has 2 aromatic carbocycles. The van der Waals surface area contributed by atoms with E-state index in [1.54, 1.807) is 6.07 Å². The number of hydrogen-bond donors (Lipinski definition) is 0. The van der Waals surface area contributed by atoms with Crippen LogP contribution >= 0.6 is 15.9 Å². The number of nitrogens with zero attached hydrogens (tertiary/aromatic N) is 2. The van der Waals surface area contributed by atoms with Crippen LogP contribution in [0.2, 0.25) is 0 Å². The Hall–Kier alpha value is -2.48. The Kier molecular flexibility index (Phi) is 3.99. The lowest BCUT2D eigenvalue weighted by atomic mass is 10.1. The average molecular weight is 381 g/mol. The van der Waals surface area contributed by atoms with Gasteiger partial charge in [-0.25, -0.2) is 9.18 Å². The molecular weight excluding hydrogens is 371 g/mol. The summed E-state index contributed by atoms with van der Waals surface area (Å²) in [4.78, 5) is 23.6.